The smallest absolute Gasteiger partial charge is 0.307 e. The normalized spacial score (nSPS) is 11.4. The lowest BCUT2D eigenvalue weighted by molar-refractivity contribution is -0.384. The molecule has 1 amide bonds. The van der Waals surface area contributed by atoms with Crippen molar-refractivity contribution in [3.8, 4) is 0 Å². The molecule has 30 heavy (non-hydrogen) atoms. The van der Waals surface area contributed by atoms with Gasteiger partial charge in [-0.1, -0.05) is 23.7 Å². The highest BCUT2D eigenvalue weighted by atomic mass is 35.5. The Hall–Kier alpha value is -2.91. The molecular formula is C20H19ClN2O6S. The second kappa shape index (κ2) is 10.7. The summed E-state index contributed by atoms with van der Waals surface area (Å²) in [6.07, 6.45) is 0.582. The molecule has 0 fully saturated rings. The Morgan fingerprint density at radius 1 is 1.17 bits per heavy atom. The molecule has 0 aromatic heterocycles. The third-order valence-electron chi connectivity index (χ3n) is 4.07. The van der Waals surface area contributed by atoms with Gasteiger partial charge in [0.2, 0.25) is 0 Å². The Morgan fingerprint density at radius 3 is 2.40 bits per heavy atom. The van der Waals surface area contributed by atoms with Crippen molar-refractivity contribution < 1.29 is 24.0 Å². The number of anilines is 1. The highest BCUT2D eigenvalue weighted by Crippen LogP contribution is 2.26. The van der Waals surface area contributed by atoms with Crippen molar-refractivity contribution in [2.24, 2.45) is 0 Å². The number of esters is 1. The van der Waals surface area contributed by atoms with Crippen LogP contribution in [0.2, 0.25) is 5.02 Å². The van der Waals surface area contributed by atoms with E-state index >= 15 is 0 Å². The lowest BCUT2D eigenvalue weighted by atomic mass is 10.1. The quantitative estimate of drug-likeness (QED) is 0.196. The molecule has 0 saturated carbocycles. The molecule has 1 N–H and O–H groups in total. The number of ether oxygens (including phenoxy) is 1. The van der Waals surface area contributed by atoms with Crippen LogP contribution in [0.3, 0.4) is 0 Å². The number of rotatable bonds is 9. The molecule has 2 rings (SSSR count). The van der Waals surface area contributed by atoms with Crippen LogP contribution in [-0.2, 0) is 14.3 Å². The highest BCUT2D eigenvalue weighted by molar-refractivity contribution is 7.98. The van der Waals surface area contributed by atoms with Crippen LogP contribution in [0.5, 0.6) is 0 Å². The van der Waals surface area contributed by atoms with E-state index in [0.717, 1.165) is 11.0 Å². The van der Waals surface area contributed by atoms with E-state index in [1.54, 1.807) is 23.9 Å². The van der Waals surface area contributed by atoms with Gasteiger partial charge in [0.05, 0.1) is 22.1 Å². The van der Waals surface area contributed by atoms with Crippen LogP contribution in [-0.4, -0.2) is 34.9 Å². The lowest BCUT2D eigenvalue weighted by Crippen LogP contribution is -2.30. The Labute approximate surface area is 182 Å². The fraction of sp³-hybridized carbons (Fsp3) is 0.250. The first-order valence-corrected chi connectivity index (χ1v) is 10.4. The van der Waals surface area contributed by atoms with Crippen LogP contribution in [0, 0.1) is 10.1 Å². The zero-order valence-corrected chi connectivity index (χ0v) is 17.8. The van der Waals surface area contributed by atoms with Gasteiger partial charge in [-0.25, -0.2) is 0 Å². The van der Waals surface area contributed by atoms with Crippen LogP contribution in [0.1, 0.15) is 30.1 Å². The molecule has 1 atom stereocenters. The van der Waals surface area contributed by atoms with Gasteiger partial charge in [-0.2, -0.15) is 0 Å². The molecular weight excluding hydrogens is 432 g/mol. The molecule has 2 aromatic carbocycles. The molecule has 8 nitrogen and oxygen atoms in total. The first kappa shape index (κ1) is 23.4. The standard InChI is InChI=1S/C20H19ClN2O6S/c1-12(20(26)22-17-8-5-14(23(27)28)11-16(17)21)29-19(25)10-9-18(24)13-3-6-15(30-2)7-4-13/h3-8,11-12H,9-10H2,1-2H3,(H,22,26). The van der Waals surface area contributed by atoms with Gasteiger partial charge in [0.1, 0.15) is 0 Å². The van der Waals surface area contributed by atoms with E-state index in [2.05, 4.69) is 5.32 Å². The number of thioether (sulfide) groups is 1. The van der Waals surface area contributed by atoms with Gasteiger partial charge in [0.25, 0.3) is 11.6 Å². The largest absolute Gasteiger partial charge is 0.453 e. The summed E-state index contributed by atoms with van der Waals surface area (Å²) in [5, 5.41) is 13.1. The summed E-state index contributed by atoms with van der Waals surface area (Å²) in [4.78, 5) is 47.5. The average molecular weight is 451 g/mol. The molecule has 0 aliphatic carbocycles. The average Bonchev–Trinajstić information content (AvgIpc) is 2.73. The van der Waals surface area contributed by atoms with Crippen molar-refractivity contribution in [2.75, 3.05) is 11.6 Å². The summed E-state index contributed by atoms with van der Waals surface area (Å²) in [6, 6.07) is 10.6. The van der Waals surface area contributed by atoms with Crippen molar-refractivity contribution in [3.63, 3.8) is 0 Å². The number of hydrogen-bond acceptors (Lipinski definition) is 7. The maximum absolute atomic E-state index is 12.2. The topological polar surface area (TPSA) is 116 Å². The molecule has 0 aliphatic rings. The monoisotopic (exact) mass is 450 g/mol. The number of carbonyl (C=O) groups excluding carboxylic acids is 3. The summed E-state index contributed by atoms with van der Waals surface area (Å²) in [7, 11) is 0. The fourth-order valence-corrected chi connectivity index (χ4v) is 3.03. The molecule has 10 heteroatoms. The predicted molar refractivity (Wildman–Crippen MR) is 114 cm³/mol. The molecule has 0 bridgehead atoms. The van der Waals surface area contributed by atoms with Gasteiger partial charge in [-0.05, 0) is 31.4 Å². The minimum absolute atomic E-state index is 0.0193. The maximum atomic E-state index is 12.2. The molecule has 0 saturated heterocycles. The third kappa shape index (κ3) is 6.57. The first-order chi connectivity index (χ1) is 14.2. The second-order valence-electron chi connectivity index (χ2n) is 6.19. The number of nitrogens with zero attached hydrogens (tertiary/aromatic N) is 1. The van der Waals surface area contributed by atoms with E-state index < -0.39 is 22.9 Å². The summed E-state index contributed by atoms with van der Waals surface area (Å²) in [6.45, 7) is 1.37. The summed E-state index contributed by atoms with van der Waals surface area (Å²) >= 11 is 7.48. The van der Waals surface area contributed by atoms with E-state index in [1.165, 1.54) is 19.1 Å². The summed E-state index contributed by atoms with van der Waals surface area (Å²) in [5.41, 5.74) is 0.434. The van der Waals surface area contributed by atoms with Gasteiger partial charge in [-0.15, -0.1) is 11.8 Å². The van der Waals surface area contributed by atoms with Crippen molar-refractivity contribution in [2.45, 2.75) is 30.8 Å². The van der Waals surface area contributed by atoms with E-state index in [-0.39, 0.29) is 35.0 Å². The first-order valence-electron chi connectivity index (χ1n) is 8.82. The molecule has 0 heterocycles. The van der Waals surface area contributed by atoms with Gasteiger partial charge < -0.3 is 10.1 Å². The number of nitro benzene ring substituents is 1. The van der Waals surface area contributed by atoms with E-state index in [0.29, 0.717) is 5.56 Å². The number of benzene rings is 2. The molecule has 2 aromatic rings. The summed E-state index contributed by atoms with van der Waals surface area (Å²) < 4.78 is 5.05. The van der Waals surface area contributed by atoms with Gasteiger partial charge in [-0.3, -0.25) is 24.5 Å². The van der Waals surface area contributed by atoms with E-state index in [1.807, 2.05) is 18.4 Å². The molecule has 1 unspecified atom stereocenters. The zero-order chi connectivity index (χ0) is 22.3. The molecule has 0 radical (unpaired) electrons. The number of non-ortho nitro benzene ring substituents is 1. The number of carbonyl (C=O) groups is 3. The van der Waals surface area contributed by atoms with Crippen molar-refractivity contribution in [1.29, 1.82) is 0 Å². The van der Waals surface area contributed by atoms with Crippen LogP contribution in [0.4, 0.5) is 11.4 Å². The number of nitrogens with one attached hydrogen (secondary N) is 1. The molecule has 158 valence electrons. The van der Waals surface area contributed by atoms with E-state index in [4.69, 9.17) is 16.3 Å². The maximum Gasteiger partial charge on any atom is 0.307 e. The Morgan fingerprint density at radius 2 is 1.83 bits per heavy atom. The Balaban J connectivity index is 1.85. The van der Waals surface area contributed by atoms with Gasteiger partial charge in [0.15, 0.2) is 11.9 Å². The lowest BCUT2D eigenvalue weighted by Gasteiger charge is -2.14. The third-order valence-corrected chi connectivity index (χ3v) is 5.12. The van der Waals surface area contributed by atoms with Crippen LogP contribution < -0.4 is 5.32 Å². The molecule has 0 aliphatic heterocycles. The number of amides is 1. The Kier molecular flexibility index (Phi) is 8.37. The van der Waals surface area contributed by atoms with Crippen molar-refractivity contribution in [3.05, 3.63) is 63.2 Å². The minimum Gasteiger partial charge on any atom is -0.453 e. The zero-order valence-electron chi connectivity index (χ0n) is 16.2. The minimum atomic E-state index is -1.14. The molecule has 0 spiro atoms. The van der Waals surface area contributed by atoms with Crippen molar-refractivity contribution >= 4 is 52.4 Å². The number of nitro groups is 1. The number of ketones is 1. The number of hydrogen-bond donors (Lipinski definition) is 1. The summed E-state index contributed by atoms with van der Waals surface area (Å²) in [5.74, 6) is -1.55. The number of halogens is 1. The van der Waals surface area contributed by atoms with Crippen molar-refractivity contribution in [1.82, 2.24) is 0 Å². The van der Waals surface area contributed by atoms with E-state index in [9.17, 15) is 24.5 Å². The van der Waals surface area contributed by atoms with Crippen LogP contribution in [0.15, 0.2) is 47.4 Å². The second-order valence-corrected chi connectivity index (χ2v) is 7.48. The van der Waals surface area contributed by atoms with Crippen LogP contribution in [0.25, 0.3) is 0 Å². The van der Waals surface area contributed by atoms with Crippen LogP contribution >= 0.6 is 23.4 Å². The number of Topliss-reactive ketones (excluding diaryl/α,β-unsaturated/α-hetero) is 1. The fourth-order valence-electron chi connectivity index (χ4n) is 2.40. The van der Waals surface area contributed by atoms with Gasteiger partial charge >= 0.3 is 5.97 Å². The predicted octanol–water partition coefficient (Wildman–Crippen LogP) is 4.50. The highest BCUT2D eigenvalue weighted by Gasteiger charge is 2.20. The Bertz CT molecular complexity index is 964. The SMILES string of the molecule is CSc1ccc(C(=O)CCC(=O)OC(C)C(=O)Nc2ccc([N+](=O)[O-])cc2Cl)cc1. The van der Waals surface area contributed by atoms with Gasteiger partial charge in [0, 0.05) is 29.0 Å².